The molecule has 0 saturated carbocycles. The summed E-state index contributed by atoms with van der Waals surface area (Å²) < 4.78 is 14.8. The van der Waals surface area contributed by atoms with E-state index in [-0.39, 0.29) is 30.6 Å². The molecule has 1 amide bonds. The number of tetrazole rings is 1. The van der Waals surface area contributed by atoms with E-state index in [0.29, 0.717) is 18.7 Å². The molecular formula is C38H57N5O4S. The molecular weight excluding hydrogens is 623 g/mol. The first-order valence-electron chi connectivity index (χ1n) is 18.2. The quantitative estimate of drug-likeness (QED) is 0.0805. The largest absolute Gasteiger partial charge is 0.392 e. The molecule has 10 heteroatoms. The molecule has 2 N–H and O–H groups in total. The van der Waals surface area contributed by atoms with Gasteiger partial charge in [-0.2, -0.15) is 0 Å². The number of unbranched alkanes of at least 4 members (excludes halogenated alkanes) is 12. The third-order valence-corrected chi connectivity index (χ3v) is 10.4. The van der Waals surface area contributed by atoms with Gasteiger partial charge in [-0.25, -0.2) is 4.68 Å². The second-order valence-electron chi connectivity index (χ2n) is 13.2. The molecule has 4 rings (SSSR count). The number of nitrogens with zero attached hydrogens (tertiary/aromatic N) is 4. The van der Waals surface area contributed by atoms with Crippen molar-refractivity contribution in [2.75, 3.05) is 5.75 Å². The van der Waals surface area contributed by atoms with Crippen LogP contribution in [-0.2, 0) is 34.5 Å². The number of amides is 1. The van der Waals surface area contributed by atoms with E-state index in [2.05, 4.69) is 34.7 Å². The first kappa shape index (κ1) is 38.0. The van der Waals surface area contributed by atoms with E-state index in [1.54, 1.807) is 16.4 Å². The Labute approximate surface area is 292 Å². The van der Waals surface area contributed by atoms with Crippen LogP contribution >= 0.6 is 11.8 Å². The number of carbonyl (C=O) groups excluding carboxylic acids is 1. The summed E-state index contributed by atoms with van der Waals surface area (Å²) in [5.41, 5.74) is 3.88. The standard InChI is InChI=1S/C38H57N5O4S/c1-4-5-6-7-8-9-10-11-12-13-14-15-16-17-35(45)39-26-30-18-24-33(25-19-30)37-46-34(28-48-38-40-41-42-43(38)3)29(2)36(47-37)32-22-20-31(27-44)21-23-32/h18-25,29,34,36-37,44H,4-17,26-28H2,1-3H3,(H,39,45). The number of aryl methyl sites for hydroxylation is 1. The van der Waals surface area contributed by atoms with Crippen LogP contribution < -0.4 is 5.32 Å². The van der Waals surface area contributed by atoms with E-state index in [1.165, 1.54) is 70.6 Å². The van der Waals surface area contributed by atoms with Crippen LogP contribution in [0.2, 0.25) is 0 Å². The highest BCUT2D eigenvalue weighted by molar-refractivity contribution is 7.99. The van der Waals surface area contributed by atoms with E-state index >= 15 is 0 Å². The monoisotopic (exact) mass is 679 g/mol. The van der Waals surface area contributed by atoms with Crippen LogP contribution in [0.3, 0.4) is 0 Å². The summed E-state index contributed by atoms with van der Waals surface area (Å²) in [6.07, 6.45) is 16.7. The summed E-state index contributed by atoms with van der Waals surface area (Å²) in [5.74, 6) is 0.854. The molecule has 4 atom stereocenters. The molecule has 2 aromatic carbocycles. The number of aliphatic hydroxyl groups is 1. The molecule has 264 valence electrons. The van der Waals surface area contributed by atoms with Gasteiger partial charge in [0.1, 0.15) is 0 Å². The minimum Gasteiger partial charge on any atom is -0.392 e. The van der Waals surface area contributed by atoms with E-state index < -0.39 is 6.29 Å². The highest BCUT2D eigenvalue weighted by Gasteiger charge is 2.38. The molecule has 3 aromatic rings. The lowest BCUT2D eigenvalue weighted by atomic mass is 9.91. The molecule has 1 fully saturated rings. The number of aliphatic hydroxyl groups excluding tert-OH is 1. The van der Waals surface area contributed by atoms with E-state index in [0.717, 1.165) is 40.3 Å². The third-order valence-electron chi connectivity index (χ3n) is 9.33. The lowest BCUT2D eigenvalue weighted by Crippen LogP contribution is -2.38. The van der Waals surface area contributed by atoms with Gasteiger partial charge in [-0.1, -0.05) is 151 Å². The maximum Gasteiger partial charge on any atom is 0.220 e. The smallest absolute Gasteiger partial charge is 0.220 e. The zero-order valence-corrected chi connectivity index (χ0v) is 30.1. The van der Waals surface area contributed by atoms with Crippen molar-refractivity contribution in [3.8, 4) is 0 Å². The normalized spacial score (nSPS) is 19.4. The molecule has 0 spiro atoms. The molecule has 2 heterocycles. The van der Waals surface area contributed by atoms with Crippen LogP contribution in [0.5, 0.6) is 0 Å². The summed E-state index contributed by atoms with van der Waals surface area (Å²) in [4.78, 5) is 12.5. The maximum atomic E-state index is 12.5. The Hall–Kier alpha value is -2.79. The molecule has 48 heavy (non-hydrogen) atoms. The minimum absolute atomic E-state index is 0.00430. The molecule has 1 aliphatic rings. The van der Waals surface area contributed by atoms with Crippen LogP contribution in [0.1, 0.15) is 138 Å². The van der Waals surface area contributed by atoms with Gasteiger partial charge in [0, 0.05) is 37.2 Å². The summed E-state index contributed by atoms with van der Waals surface area (Å²) >= 11 is 1.56. The number of benzene rings is 2. The number of rotatable bonds is 22. The second kappa shape index (κ2) is 21.3. The predicted octanol–water partition coefficient (Wildman–Crippen LogP) is 8.38. The van der Waals surface area contributed by atoms with Crippen LogP contribution in [0.25, 0.3) is 0 Å². The maximum absolute atomic E-state index is 12.5. The van der Waals surface area contributed by atoms with E-state index in [9.17, 15) is 9.90 Å². The van der Waals surface area contributed by atoms with Crippen molar-refractivity contribution in [3.05, 3.63) is 70.8 Å². The Morgan fingerprint density at radius 3 is 2.00 bits per heavy atom. The number of ether oxygens (including phenoxy) is 2. The fourth-order valence-corrected chi connectivity index (χ4v) is 7.21. The molecule has 0 bridgehead atoms. The van der Waals surface area contributed by atoms with Gasteiger partial charge >= 0.3 is 0 Å². The van der Waals surface area contributed by atoms with Gasteiger partial charge in [-0.05, 0) is 33.5 Å². The molecule has 0 aliphatic carbocycles. The van der Waals surface area contributed by atoms with Crippen molar-refractivity contribution in [3.63, 3.8) is 0 Å². The Kier molecular flexibility index (Phi) is 16.9. The molecule has 1 aliphatic heterocycles. The topological polar surface area (TPSA) is 111 Å². The SMILES string of the molecule is CCCCCCCCCCCCCCCC(=O)NCc1ccc(C2OC(CSc3nnnn3C)C(C)C(c3ccc(CO)cc3)O2)cc1. The Morgan fingerprint density at radius 2 is 1.42 bits per heavy atom. The Bertz CT molecular complexity index is 1320. The zero-order valence-electron chi connectivity index (χ0n) is 29.3. The average Bonchev–Trinajstić information content (AvgIpc) is 3.53. The molecule has 1 saturated heterocycles. The molecule has 4 unspecified atom stereocenters. The minimum atomic E-state index is -0.550. The number of thioether (sulfide) groups is 1. The molecule has 0 radical (unpaired) electrons. The van der Waals surface area contributed by atoms with Gasteiger partial charge in [0.05, 0.1) is 18.8 Å². The zero-order chi connectivity index (χ0) is 34.0. The van der Waals surface area contributed by atoms with Crippen molar-refractivity contribution in [2.45, 2.75) is 141 Å². The Balaban J connectivity index is 1.20. The summed E-state index contributed by atoms with van der Waals surface area (Å²) in [7, 11) is 1.83. The lowest BCUT2D eigenvalue weighted by Gasteiger charge is -2.41. The van der Waals surface area contributed by atoms with Crippen molar-refractivity contribution < 1.29 is 19.4 Å². The van der Waals surface area contributed by atoms with Gasteiger partial charge in [-0.15, -0.1) is 5.10 Å². The summed E-state index contributed by atoms with van der Waals surface area (Å²) in [6.45, 7) is 4.92. The first-order chi connectivity index (χ1) is 23.5. The Morgan fingerprint density at radius 1 is 0.833 bits per heavy atom. The van der Waals surface area contributed by atoms with Crippen LogP contribution in [0.15, 0.2) is 53.7 Å². The number of nitrogens with one attached hydrogen (secondary N) is 1. The highest BCUT2D eigenvalue weighted by atomic mass is 32.2. The summed E-state index contributed by atoms with van der Waals surface area (Å²) in [5, 5.41) is 25.1. The van der Waals surface area contributed by atoms with Crippen LogP contribution in [0, 0.1) is 5.92 Å². The number of hydrogen-bond acceptors (Lipinski definition) is 8. The fraction of sp³-hybridized carbons (Fsp3) is 0.632. The lowest BCUT2D eigenvalue weighted by molar-refractivity contribution is -0.268. The predicted molar refractivity (Wildman–Crippen MR) is 191 cm³/mol. The first-order valence-corrected chi connectivity index (χ1v) is 19.2. The number of hydrogen-bond donors (Lipinski definition) is 2. The van der Waals surface area contributed by atoms with Gasteiger partial charge in [0.25, 0.3) is 0 Å². The van der Waals surface area contributed by atoms with Crippen molar-refractivity contribution >= 4 is 17.7 Å². The fourth-order valence-electron chi connectivity index (χ4n) is 6.20. The average molecular weight is 680 g/mol. The van der Waals surface area contributed by atoms with Crippen LogP contribution in [0.4, 0.5) is 0 Å². The van der Waals surface area contributed by atoms with Crippen molar-refractivity contribution in [1.82, 2.24) is 25.5 Å². The third kappa shape index (κ3) is 12.6. The van der Waals surface area contributed by atoms with Gasteiger partial charge in [0.15, 0.2) is 6.29 Å². The summed E-state index contributed by atoms with van der Waals surface area (Å²) in [6, 6.07) is 16.0. The number of aromatic nitrogens is 4. The van der Waals surface area contributed by atoms with Crippen LogP contribution in [-0.4, -0.2) is 43.1 Å². The van der Waals surface area contributed by atoms with Gasteiger partial charge in [-0.3, -0.25) is 4.79 Å². The van der Waals surface area contributed by atoms with Crippen molar-refractivity contribution in [2.24, 2.45) is 13.0 Å². The molecule has 1 aromatic heterocycles. The van der Waals surface area contributed by atoms with E-state index in [1.807, 2.05) is 55.6 Å². The highest BCUT2D eigenvalue weighted by Crippen LogP contribution is 2.42. The molecule has 9 nitrogen and oxygen atoms in total. The van der Waals surface area contributed by atoms with E-state index in [4.69, 9.17) is 9.47 Å². The van der Waals surface area contributed by atoms with Crippen molar-refractivity contribution in [1.29, 1.82) is 0 Å². The van der Waals surface area contributed by atoms with Gasteiger partial charge < -0.3 is 19.9 Å². The second-order valence-corrected chi connectivity index (χ2v) is 14.2. The number of carbonyl (C=O) groups is 1. The van der Waals surface area contributed by atoms with Gasteiger partial charge in [0.2, 0.25) is 11.1 Å².